The van der Waals surface area contributed by atoms with E-state index >= 15 is 0 Å². The molecule has 2 amide bonds. The van der Waals surface area contributed by atoms with Gasteiger partial charge in [-0.2, -0.15) is 0 Å². The molecule has 0 bridgehead atoms. The molecule has 0 saturated heterocycles. The van der Waals surface area contributed by atoms with E-state index in [2.05, 4.69) is 15.6 Å². The Kier molecular flexibility index (Phi) is 6.79. The number of amides is 2. The minimum Gasteiger partial charge on any atom is -0.352 e. The summed E-state index contributed by atoms with van der Waals surface area (Å²) in [5.74, 6) is -0.260. The summed E-state index contributed by atoms with van der Waals surface area (Å²) >= 11 is 0. The van der Waals surface area contributed by atoms with Crippen molar-refractivity contribution in [3.05, 3.63) is 89.5 Å². The summed E-state index contributed by atoms with van der Waals surface area (Å²) in [5.41, 5.74) is 4.25. The van der Waals surface area contributed by atoms with E-state index in [4.69, 9.17) is 0 Å². The Morgan fingerprint density at radius 3 is 2.34 bits per heavy atom. The van der Waals surface area contributed by atoms with Gasteiger partial charge in [0.05, 0.1) is 18.8 Å². The van der Waals surface area contributed by atoms with Crippen molar-refractivity contribution in [2.45, 2.75) is 39.4 Å². The first-order valence-corrected chi connectivity index (χ1v) is 9.63. The number of carbonyl (C=O) groups is 2. The van der Waals surface area contributed by atoms with Crippen LogP contribution in [0, 0.1) is 6.92 Å². The molecule has 29 heavy (non-hydrogen) atoms. The van der Waals surface area contributed by atoms with Crippen LogP contribution in [0.5, 0.6) is 0 Å². The Balaban J connectivity index is 1.54. The van der Waals surface area contributed by atoms with Crippen molar-refractivity contribution in [1.82, 2.24) is 20.2 Å². The lowest BCUT2D eigenvalue weighted by Crippen LogP contribution is -2.32. The molecule has 1 heterocycles. The van der Waals surface area contributed by atoms with Crippen molar-refractivity contribution in [2.24, 2.45) is 0 Å². The van der Waals surface area contributed by atoms with Crippen molar-refractivity contribution in [3.63, 3.8) is 0 Å². The molecule has 2 N–H and O–H groups in total. The summed E-state index contributed by atoms with van der Waals surface area (Å²) < 4.78 is 2.00. The monoisotopic (exact) mass is 390 g/mol. The van der Waals surface area contributed by atoms with E-state index in [0.717, 1.165) is 23.2 Å². The molecule has 3 aromatic rings. The fourth-order valence-corrected chi connectivity index (χ4v) is 3.11. The summed E-state index contributed by atoms with van der Waals surface area (Å²) in [4.78, 5) is 28.0. The summed E-state index contributed by atoms with van der Waals surface area (Å²) in [6.45, 7) is 4.68. The molecule has 6 nitrogen and oxygen atoms in total. The van der Waals surface area contributed by atoms with Gasteiger partial charge in [-0.25, -0.2) is 4.98 Å². The molecule has 0 fully saturated rings. The molecule has 0 aliphatic carbocycles. The maximum atomic E-state index is 12.5. The molecular weight excluding hydrogens is 364 g/mol. The van der Waals surface area contributed by atoms with Gasteiger partial charge in [0, 0.05) is 32.4 Å². The van der Waals surface area contributed by atoms with Gasteiger partial charge in [0.2, 0.25) is 11.8 Å². The average Bonchev–Trinajstić information content (AvgIpc) is 3.20. The Morgan fingerprint density at radius 1 is 1.03 bits per heavy atom. The second-order valence-electron chi connectivity index (χ2n) is 7.20. The minimum atomic E-state index is -0.342. The molecule has 0 radical (unpaired) electrons. The number of benzene rings is 2. The van der Waals surface area contributed by atoms with Gasteiger partial charge in [-0.3, -0.25) is 9.59 Å². The Morgan fingerprint density at radius 2 is 1.72 bits per heavy atom. The number of aromatic nitrogens is 2. The second-order valence-corrected chi connectivity index (χ2v) is 7.20. The van der Waals surface area contributed by atoms with Crippen LogP contribution in [0.1, 0.15) is 41.6 Å². The van der Waals surface area contributed by atoms with Crippen molar-refractivity contribution in [1.29, 1.82) is 0 Å². The number of nitrogens with one attached hydrogen (secondary N) is 2. The van der Waals surface area contributed by atoms with Gasteiger partial charge in [-0.1, -0.05) is 54.1 Å². The fraction of sp³-hybridized carbons (Fsp3) is 0.261. The predicted octanol–water partition coefficient (Wildman–Crippen LogP) is 3.12. The molecule has 0 spiro atoms. The van der Waals surface area contributed by atoms with E-state index in [1.807, 2.05) is 66.2 Å². The molecule has 0 aliphatic heterocycles. The SMILES string of the molecule is CC(=O)NC(CC(=O)NCc1ccc(Cn2ccnc2)cc1)c1ccc(C)cc1. The number of aryl methyl sites for hydroxylation is 1. The zero-order valence-electron chi connectivity index (χ0n) is 16.8. The minimum absolute atomic E-state index is 0.105. The third kappa shape index (κ3) is 6.31. The van der Waals surface area contributed by atoms with Crippen LogP contribution < -0.4 is 10.6 Å². The van der Waals surface area contributed by atoms with Gasteiger partial charge in [0.25, 0.3) is 0 Å². The Bertz CT molecular complexity index is 932. The zero-order chi connectivity index (χ0) is 20.6. The zero-order valence-corrected chi connectivity index (χ0v) is 16.8. The molecule has 1 unspecified atom stereocenters. The highest BCUT2D eigenvalue weighted by Crippen LogP contribution is 2.18. The summed E-state index contributed by atoms with van der Waals surface area (Å²) in [7, 11) is 0. The van der Waals surface area contributed by atoms with Crippen molar-refractivity contribution >= 4 is 11.8 Å². The lowest BCUT2D eigenvalue weighted by atomic mass is 10.0. The largest absolute Gasteiger partial charge is 0.352 e. The van der Waals surface area contributed by atoms with E-state index in [1.54, 1.807) is 12.5 Å². The van der Waals surface area contributed by atoms with Crippen LogP contribution in [0.3, 0.4) is 0 Å². The van der Waals surface area contributed by atoms with Gasteiger partial charge >= 0.3 is 0 Å². The molecular formula is C23H26N4O2. The maximum Gasteiger partial charge on any atom is 0.222 e. The average molecular weight is 390 g/mol. The standard InChI is InChI=1S/C23H26N4O2/c1-17-3-9-21(10-4-17)22(26-18(2)28)13-23(29)25-14-19-5-7-20(8-6-19)15-27-12-11-24-16-27/h3-12,16,22H,13-15H2,1-2H3,(H,25,29)(H,26,28). The number of rotatable bonds is 8. The molecule has 0 aliphatic rings. The van der Waals surface area contributed by atoms with Crippen LogP contribution in [0.15, 0.2) is 67.3 Å². The van der Waals surface area contributed by atoms with Crippen LogP contribution in [-0.4, -0.2) is 21.4 Å². The van der Waals surface area contributed by atoms with Crippen molar-refractivity contribution in [2.75, 3.05) is 0 Å². The number of hydrogen-bond acceptors (Lipinski definition) is 3. The Labute approximate surface area is 171 Å². The van der Waals surface area contributed by atoms with E-state index in [0.29, 0.717) is 6.54 Å². The number of nitrogens with zero attached hydrogens (tertiary/aromatic N) is 2. The van der Waals surface area contributed by atoms with Gasteiger partial charge in [-0.05, 0) is 23.6 Å². The molecule has 1 aromatic heterocycles. The van der Waals surface area contributed by atoms with Crippen LogP contribution in [0.25, 0.3) is 0 Å². The lowest BCUT2D eigenvalue weighted by Gasteiger charge is -2.18. The normalized spacial score (nSPS) is 11.7. The van der Waals surface area contributed by atoms with Gasteiger partial charge in [-0.15, -0.1) is 0 Å². The van der Waals surface area contributed by atoms with Gasteiger partial charge < -0.3 is 15.2 Å². The van der Waals surface area contributed by atoms with Crippen LogP contribution in [-0.2, 0) is 22.7 Å². The van der Waals surface area contributed by atoms with Crippen LogP contribution in [0.2, 0.25) is 0 Å². The predicted molar refractivity (Wildman–Crippen MR) is 112 cm³/mol. The molecule has 3 rings (SSSR count). The van der Waals surface area contributed by atoms with Crippen LogP contribution >= 0.6 is 0 Å². The summed E-state index contributed by atoms with van der Waals surface area (Å²) in [6, 6.07) is 15.6. The first-order valence-electron chi connectivity index (χ1n) is 9.63. The molecule has 1 atom stereocenters. The highest BCUT2D eigenvalue weighted by Gasteiger charge is 2.17. The Hall–Kier alpha value is -3.41. The number of imidazole rings is 1. The summed E-state index contributed by atoms with van der Waals surface area (Å²) in [6.07, 6.45) is 5.66. The van der Waals surface area contributed by atoms with Gasteiger partial charge in [0.15, 0.2) is 0 Å². The maximum absolute atomic E-state index is 12.5. The molecule has 6 heteroatoms. The smallest absolute Gasteiger partial charge is 0.222 e. The molecule has 0 saturated carbocycles. The second kappa shape index (κ2) is 9.68. The summed E-state index contributed by atoms with van der Waals surface area (Å²) in [5, 5.41) is 5.81. The lowest BCUT2D eigenvalue weighted by molar-refractivity contribution is -0.122. The van der Waals surface area contributed by atoms with E-state index < -0.39 is 0 Å². The van der Waals surface area contributed by atoms with Crippen molar-refractivity contribution < 1.29 is 9.59 Å². The quantitative estimate of drug-likeness (QED) is 0.620. The number of hydrogen-bond donors (Lipinski definition) is 2. The highest BCUT2D eigenvalue weighted by atomic mass is 16.2. The van der Waals surface area contributed by atoms with E-state index in [9.17, 15) is 9.59 Å². The topological polar surface area (TPSA) is 76.0 Å². The third-order valence-corrected chi connectivity index (χ3v) is 4.68. The fourth-order valence-electron chi connectivity index (χ4n) is 3.11. The van der Waals surface area contributed by atoms with Crippen molar-refractivity contribution in [3.8, 4) is 0 Å². The first-order chi connectivity index (χ1) is 14.0. The van der Waals surface area contributed by atoms with E-state index in [-0.39, 0.29) is 24.3 Å². The third-order valence-electron chi connectivity index (χ3n) is 4.68. The first kappa shape index (κ1) is 20.3. The molecule has 150 valence electrons. The van der Waals surface area contributed by atoms with E-state index in [1.165, 1.54) is 12.5 Å². The number of carbonyl (C=O) groups excluding carboxylic acids is 2. The molecule has 2 aromatic carbocycles. The highest BCUT2D eigenvalue weighted by molar-refractivity contribution is 5.79. The van der Waals surface area contributed by atoms with Crippen LogP contribution in [0.4, 0.5) is 0 Å². The van der Waals surface area contributed by atoms with Gasteiger partial charge in [0.1, 0.15) is 0 Å².